The van der Waals surface area contributed by atoms with Gasteiger partial charge in [0, 0.05) is 39.6 Å². The molecule has 0 aliphatic carbocycles. The second kappa shape index (κ2) is 7.06. The highest BCUT2D eigenvalue weighted by Crippen LogP contribution is 2.32. The number of rotatable bonds is 4. The first-order valence-electron chi connectivity index (χ1n) is 8.36. The van der Waals surface area contributed by atoms with E-state index in [2.05, 4.69) is 15.4 Å². The lowest BCUT2D eigenvalue weighted by Crippen LogP contribution is -2.70. The Kier molecular flexibility index (Phi) is 4.80. The van der Waals surface area contributed by atoms with Crippen molar-refractivity contribution in [1.29, 1.82) is 0 Å². The standard InChI is InChI=1S/C17H21N7O3/c1-19-17(27)24-14(16(26)23(3)13-5-7-22(2)21-13)11(15(24)25)8-10-4-6-20-12(18)9-10/h4-7,9,11,14H,8H2,1-3H3,(H2,18,20)(H,19,27)/t11-,14+/m1/s1. The summed E-state index contributed by atoms with van der Waals surface area (Å²) in [5.41, 5.74) is 6.46. The molecule has 0 spiro atoms. The third-order valence-electron chi connectivity index (χ3n) is 4.57. The van der Waals surface area contributed by atoms with Crippen molar-refractivity contribution in [2.75, 3.05) is 24.7 Å². The lowest BCUT2D eigenvalue weighted by molar-refractivity contribution is -0.156. The van der Waals surface area contributed by atoms with Gasteiger partial charge in [-0.2, -0.15) is 5.10 Å². The third kappa shape index (κ3) is 3.33. The number of likely N-dealkylation sites (tertiary alicyclic amines) is 1. The van der Waals surface area contributed by atoms with E-state index in [-0.39, 0.29) is 12.3 Å². The predicted molar refractivity (Wildman–Crippen MR) is 97.6 cm³/mol. The average molecular weight is 371 g/mol. The van der Waals surface area contributed by atoms with E-state index in [1.807, 2.05) is 0 Å². The summed E-state index contributed by atoms with van der Waals surface area (Å²) >= 11 is 0. The predicted octanol–water partition coefficient (Wildman–Crippen LogP) is -0.231. The van der Waals surface area contributed by atoms with Crippen molar-refractivity contribution in [1.82, 2.24) is 25.0 Å². The third-order valence-corrected chi connectivity index (χ3v) is 4.57. The number of nitrogens with one attached hydrogen (secondary N) is 1. The minimum Gasteiger partial charge on any atom is -0.384 e. The normalized spacial score (nSPS) is 18.8. The first kappa shape index (κ1) is 18.4. The Morgan fingerprint density at radius 3 is 2.70 bits per heavy atom. The monoisotopic (exact) mass is 371 g/mol. The highest BCUT2D eigenvalue weighted by atomic mass is 16.2. The summed E-state index contributed by atoms with van der Waals surface area (Å²) in [4.78, 5) is 43.9. The Morgan fingerprint density at radius 2 is 2.11 bits per heavy atom. The molecule has 1 aliphatic heterocycles. The Hall–Kier alpha value is -3.43. The maximum Gasteiger partial charge on any atom is 0.324 e. The van der Waals surface area contributed by atoms with E-state index in [9.17, 15) is 14.4 Å². The van der Waals surface area contributed by atoms with Crippen LogP contribution in [0.2, 0.25) is 0 Å². The molecule has 3 heterocycles. The van der Waals surface area contributed by atoms with Crippen molar-refractivity contribution >= 4 is 29.5 Å². The second-order valence-corrected chi connectivity index (χ2v) is 6.35. The van der Waals surface area contributed by atoms with E-state index in [0.717, 1.165) is 10.5 Å². The SMILES string of the molecule is CNC(=O)N1C(=O)[C@H](Cc2ccnc(N)c2)[C@H]1C(=O)N(C)c1ccn(C)n1. The summed E-state index contributed by atoms with van der Waals surface area (Å²) < 4.78 is 1.57. The summed E-state index contributed by atoms with van der Waals surface area (Å²) in [6.45, 7) is 0. The van der Waals surface area contributed by atoms with Crippen LogP contribution in [0.3, 0.4) is 0 Å². The van der Waals surface area contributed by atoms with Crippen LogP contribution >= 0.6 is 0 Å². The molecule has 3 N–H and O–H groups in total. The molecule has 1 fully saturated rings. The summed E-state index contributed by atoms with van der Waals surface area (Å²) in [5.74, 6) is -0.689. The van der Waals surface area contributed by atoms with Crippen molar-refractivity contribution in [3.63, 3.8) is 0 Å². The average Bonchev–Trinajstić information content (AvgIpc) is 3.08. The zero-order chi connectivity index (χ0) is 19.7. The van der Waals surface area contributed by atoms with E-state index < -0.39 is 23.9 Å². The Balaban J connectivity index is 1.87. The molecular weight excluding hydrogens is 350 g/mol. The maximum atomic E-state index is 13.0. The number of amides is 4. The topological polar surface area (TPSA) is 126 Å². The number of aryl methyl sites for hydroxylation is 1. The first-order valence-corrected chi connectivity index (χ1v) is 8.36. The molecule has 10 nitrogen and oxygen atoms in total. The van der Waals surface area contributed by atoms with Crippen LogP contribution < -0.4 is 16.0 Å². The smallest absolute Gasteiger partial charge is 0.324 e. The van der Waals surface area contributed by atoms with Crippen LogP contribution in [0.15, 0.2) is 30.6 Å². The fraction of sp³-hybridized carbons (Fsp3) is 0.353. The summed E-state index contributed by atoms with van der Waals surface area (Å²) in [5, 5.41) is 6.60. The van der Waals surface area contributed by atoms with Gasteiger partial charge >= 0.3 is 6.03 Å². The number of imide groups is 1. The molecule has 2 atom stereocenters. The van der Waals surface area contributed by atoms with Gasteiger partial charge in [0.1, 0.15) is 11.9 Å². The van der Waals surface area contributed by atoms with Gasteiger partial charge < -0.3 is 11.1 Å². The van der Waals surface area contributed by atoms with Crippen LogP contribution in [0, 0.1) is 5.92 Å². The Bertz CT molecular complexity index is 894. The molecule has 0 radical (unpaired) electrons. The highest BCUT2D eigenvalue weighted by Gasteiger charge is 2.55. The van der Waals surface area contributed by atoms with Crippen LogP contribution in [0.5, 0.6) is 0 Å². The van der Waals surface area contributed by atoms with Gasteiger partial charge in [-0.15, -0.1) is 0 Å². The van der Waals surface area contributed by atoms with Gasteiger partial charge in [0.2, 0.25) is 5.91 Å². The molecule has 0 unspecified atom stereocenters. The van der Waals surface area contributed by atoms with E-state index in [1.54, 1.807) is 49.4 Å². The van der Waals surface area contributed by atoms with E-state index in [0.29, 0.717) is 11.6 Å². The molecule has 27 heavy (non-hydrogen) atoms. The van der Waals surface area contributed by atoms with Crippen LogP contribution in [0.1, 0.15) is 5.56 Å². The molecule has 0 bridgehead atoms. The molecule has 0 aromatic carbocycles. The molecule has 142 valence electrons. The number of anilines is 2. The molecule has 1 saturated heterocycles. The number of nitrogens with two attached hydrogens (primary N) is 1. The molecule has 3 rings (SSSR count). The molecule has 10 heteroatoms. The van der Waals surface area contributed by atoms with Crippen molar-refractivity contribution < 1.29 is 14.4 Å². The number of hydrogen-bond donors (Lipinski definition) is 2. The number of aromatic nitrogens is 3. The number of carbonyl (C=O) groups is 3. The number of nitrogens with zero attached hydrogens (tertiary/aromatic N) is 5. The quantitative estimate of drug-likeness (QED) is 0.715. The fourth-order valence-electron chi connectivity index (χ4n) is 3.15. The van der Waals surface area contributed by atoms with Crippen molar-refractivity contribution in [3.05, 3.63) is 36.2 Å². The minimum absolute atomic E-state index is 0.283. The molecule has 1 aliphatic rings. The van der Waals surface area contributed by atoms with E-state index in [1.165, 1.54) is 11.9 Å². The van der Waals surface area contributed by atoms with E-state index in [4.69, 9.17) is 5.73 Å². The number of pyridine rings is 1. The molecule has 4 amide bonds. The number of urea groups is 1. The lowest BCUT2D eigenvalue weighted by Gasteiger charge is -2.45. The van der Waals surface area contributed by atoms with Crippen LogP contribution in [0.25, 0.3) is 0 Å². The van der Waals surface area contributed by atoms with Gasteiger partial charge in [0.15, 0.2) is 5.82 Å². The van der Waals surface area contributed by atoms with Gasteiger partial charge in [-0.25, -0.2) is 9.78 Å². The second-order valence-electron chi connectivity index (χ2n) is 6.35. The molecule has 0 saturated carbocycles. The number of likely N-dealkylation sites (N-methyl/N-ethyl adjacent to an activating group) is 1. The number of hydrogen-bond acceptors (Lipinski definition) is 6. The van der Waals surface area contributed by atoms with Crippen LogP contribution in [-0.2, 0) is 23.1 Å². The number of carbonyl (C=O) groups excluding carboxylic acids is 3. The summed E-state index contributed by atoms with van der Waals surface area (Å²) in [7, 11) is 4.72. The number of nitrogen functional groups attached to an aromatic ring is 1. The fourth-order valence-corrected chi connectivity index (χ4v) is 3.15. The summed E-state index contributed by atoms with van der Waals surface area (Å²) in [6.07, 6.45) is 3.53. The first-order chi connectivity index (χ1) is 12.8. The Labute approximate surface area is 155 Å². The molecule has 2 aromatic rings. The molecular formula is C17H21N7O3. The minimum atomic E-state index is -0.918. The number of β-lactam (4-membered cyclic amide) rings is 1. The van der Waals surface area contributed by atoms with Crippen molar-refractivity contribution in [2.45, 2.75) is 12.5 Å². The van der Waals surface area contributed by atoms with Gasteiger partial charge in [-0.1, -0.05) is 0 Å². The lowest BCUT2D eigenvalue weighted by atomic mass is 9.82. The highest BCUT2D eigenvalue weighted by molar-refractivity contribution is 6.12. The van der Waals surface area contributed by atoms with Gasteiger partial charge in [0.25, 0.3) is 5.91 Å². The maximum absolute atomic E-state index is 13.0. The van der Waals surface area contributed by atoms with Gasteiger partial charge in [-0.3, -0.25) is 24.1 Å². The van der Waals surface area contributed by atoms with Crippen molar-refractivity contribution in [2.24, 2.45) is 13.0 Å². The molecule has 2 aromatic heterocycles. The van der Waals surface area contributed by atoms with Crippen LogP contribution in [-0.4, -0.2) is 57.6 Å². The largest absolute Gasteiger partial charge is 0.384 e. The van der Waals surface area contributed by atoms with E-state index >= 15 is 0 Å². The zero-order valence-corrected chi connectivity index (χ0v) is 15.3. The zero-order valence-electron chi connectivity index (χ0n) is 15.3. The van der Waals surface area contributed by atoms with Crippen LogP contribution in [0.4, 0.5) is 16.4 Å². The van der Waals surface area contributed by atoms with Gasteiger partial charge in [0.05, 0.1) is 5.92 Å². The summed E-state index contributed by atoms with van der Waals surface area (Å²) in [6, 6.07) is 3.54. The Morgan fingerprint density at radius 1 is 1.37 bits per heavy atom. The van der Waals surface area contributed by atoms with Crippen molar-refractivity contribution in [3.8, 4) is 0 Å². The van der Waals surface area contributed by atoms with Gasteiger partial charge in [-0.05, 0) is 24.1 Å².